The maximum absolute atomic E-state index is 13.2. The molecule has 1 fully saturated rings. The van der Waals surface area contributed by atoms with Crippen molar-refractivity contribution in [3.8, 4) is 11.4 Å². The molecule has 0 bridgehead atoms. The van der Waals surface area contributed by atoms with Gasteiger partial charge in [-0.25, -0.2) is 0 Å². The first-order valence-corrected chi connectivity index (χ1v) is 10.9. The van der Waals surface area contributed by atoms with Gasteiger partial charge in [0.05, 0.1) is 0 Å². The molecule has 0 saturated carbocycles. The largest absolute Gasteiger partial charge is 0.324 e. The van der Waals surface area contributed by atoms with E-state index in [1.165, 1.54) is 12.8 Å². The monoisotopic (exact) mass is 401 g/mol. The number of fused-ring (bicyclic) bond motifs is 1. The van der Waals surface area contributed by atoms with E-state index in [9.17, 15) is 4.79 Å². The van der Waals surface area contributed by atoms with Crippen molar-refractivity contribution in [2.45, 2.75) is 44.7 Å². The first-order valence-electron chi connectivity index (χ1n) is 10.9. The summed E-state index contributed by atoms with van der Waals surface area (Å²) in [6, 6.07) is 17.8. The molecule has 1 N–H and O–H groups in total. The zero-order valence-corrected chi connectivity index (χ0v) is 17.1. The number of rotatable bonds is 5. The van der Waals surface area contributed by atoms with Crippen LogP contribution < -0.4 is 5.32 Å². The number of aryl methyl sites for hydroxylation is 1. The number of amides is 1. The minimum absolute atomic E-state index is 0.0238. The highest BCUT2D eigenvalue weighted by Crippen LogP contribution is 2.28. The van der Waals surface area contributed by atoms with E-state index >= 15 is 0 Å². The van der Waals surface area contributed by atoms with Crippen molar-refractivity contribution in [2.75, 3.05) is 18.4 Å². The van der Waals surface area contributed by atoms with E-state index in [-0.39, 0.29) is 11.9 Å². The number of nitrogens with one attached hydrogen (secondary N) is 1. The van der Waals surface area contributed by atoms with Gasteiger partial charge in [0.25, 0.3) is 0 Å². The molecular formula is C24H27N5O. The third-order valence-corrected chi connectivity index (χ3v) is 6.14. The Morgan fingerprint density at radius 1 is 0.867 bits per heavy atom. The average Bonchev–Trinajstić information content (AvgIpc) is 3.46. The second-order valence-electron chi connectivity index (χ2n) is 8.17. The lowest BCUT2D eigenvalue weighted by molar-refractivity contribution is -0.121. The van der Waals surface area contributed by atoms with Crippen LogP contribution in [0.15, 0.2) is 54.6 Å². The molecule has 6 nitrogen and oxygen atoms in total. The third kappa shape index (κ3) is 3.75. The van der Waals surface area contributed by atoms with Crippen LogP contribution in [0.4, 0.5) is 5.69 Å². The lowest BCUT2D eigenvalue weighted by Crippen LogP contribution is -2.35. The molecule has 1 aromatic heterocycles. The standard InChI is InChI=1S/C24H27N5O/c30-24(22(28-15-6-7-16-28)18-8-2-1-3-9-18)25-20-13-11-19(12-14-20)23-27-26-21-10-4-5-17-29(21)23/h1-3,8-9,11-14,22H,4-7,10,15-17H2,(H,25,30). The molecule has 30 heavy (non-hydrogen) atoms. The Morgan fingerprint density at radius 2 is 1.60 bits per heavy atom. The molecule has 1 atom stereocenters. The summed E-state index contributed by atoms with van der Waals surface area (Å²) < 4.78 is 2.22. The summed E-state index contributed by atoms with van der Waals surface area (Å²) in [7, 11) is 0. The van der Waals surface area contributed by atoms with Crippen LogP contribution in [0.1, 0.15) is 43.1 Å². The van der Waals surface area contributed by atoms with Crippen LogP contribution in [0, 0.1) is 0 Å². The van der Waals surface area contributed by atoms with E-state index in [1.54, 1.807) is 0 Å². The lowest BCUT2D eigenvalue weighted by atomic mass is 10.0. The maximum Gasteiger partial charge on any atom is 0.246 e. The van der Waals surface area contributed by atoms with Crippen LogP contribution in [-0.2, 0) is 17.8 Å². The first kappa shape index (κ1) is 19.0. The fraction of sp³-hybridized carbons (Fsp3) is 0.375. The smallest absolute Gasteiger partial charge is 0.246 e. The number of likely N-dealkylation sites (tertiary alicyclic amines) is 1. The van der Waals surface area contributed by atoms with E-state index in [1.807, 2.05) is 54.6 Å². The van der Waals surface area contributed by atoms with Gasteiger partial charge < -0.3 is 9.88 Å². The van der Waals surface area contributed by atoms with Gasteiger partial charge in [0.15, 0.2) is 5.82 Å². The lowest BCUT2D eigenvalue weighted by Gasteiger charge is -2.27. The molecule has 2 aliphatic rings. The summed E-state index contributed by atoms with van der Waals surface area (Å²) in [6.45, 7) is 2.90. The summed E-state index contributed by atoms with van der Waals surface area (Å²) in [4.78, 5) is 15.5. The highest BCUT2D eigenvalue weighted by molar-refractivity contribution is 5.95. The predicted molar refractivity (Wildman–Crippen MR) is 117 cm³/mol. The molecule has 0 aliphatic carbocycles. The van der Waals surface area contributed by atoms with Gasteiger partial charge in [-0.2, -0.15) is 0 Å². The third-order valence-electron chi connectivity index (χ3n) is 6.14. The molecule has 154 valence electrons. The summed E-state index contributed by atoms with van der Waals surface area (Å²) in [5, 5.41) is 11.9. The van der Waals surface area contributed by atoms with Gasteiger partial charge in [-0.05, 0) is 68.6 Å². The second kappa shape index (κ2) is 8.40. The fourth-order valence-corrected chi connectivity index (χ4v) is 4.60. The molecule has 0 radical (unpaired) electrons. The average molecular weight is 402 g/mol. The molecule has 0 spiro atoms. The van der Waals surface area contributed by atoms with Crippen LogP contribution in [0.3, 0.4) is 0 Å². The van der Waals surface area contributed by atoms with Crippen LogP contribution in [0.2, 0.25) is 0 Å². The quantitative estimate of drug-likeness (QED) is 0.700. The van der Waals surface area contributed by atoms with Gasteiger partial charge in [0, 0.05) is 24.2 Å². The topological polar surface area (TPSA) is 63.1 Å². The second-order valence-corrected chi connectivity index (χ2v) is 8.17. The van der Waals surface area contributed by atoms with Crippen molar-refractivity contribution in [2.24, 2.45) is 0 Å². The van der Waals surface area contributed by atoms with Crippen LogP contribution in [0.5, 0.6) is 0 Å². The maximum atomic E-state index is 13.2. The van der Waals surface area contributed by atoms with Crippen molar-refractivity contribution in [1.29, 1.82) is 0 Å². The molecular weight excluding hydrogens is 374 g/mol. The number of benzene rings is 2. The zero-order chi connectivity index (χ0) is 20.3. The highest BCUT2D eigenvalue weighted by atomic mass is 16.2. The Bertz CT molecular complexity index is 1010. The van der Waals surface area contributed by atoms with Crippen molar-refractivity contribution in [1.82, 2.24) is 19.7 Å². The molecule has 1 unspecified atom stereocenters. The normalized spacial score (nSPS) is 17.5. The number of nitrogens with zero attached hydrogens (tertiary/aromatic N) is 4. The highest BCUT2D eigenvalue weighted by Gasteiger charge is 2.29. The van der Waals surface area contributed by atoms with E-state index in [2.05, 4.69) is 25.0 Å². The molecule has 2 aliphatic heterocycles. The van der Waals surface area contributed by atoms with Gasteiger partial charge in [-0.1, -0.05) is 30.3 Å². The predicted octanol–water partition coefficient (Wildman–Crippen LogP) is 4.06. The molecule has 1 amide bonds. The minimum atomic E-state index is -0.253. The van der Waals surface area contributed by atoms with Gasteiger partial charge >= 0.3 is 0 Å². The molecule has 2 aromatic carbocycles. The number of aromatic nitrogens is 3. The van der Waals surface area contributed by atoms with Crippen LogP contribution in [0.25, 0.3) is 11.4 Å². The van der Waals surface area contributed by atoms with Gasteiger partial charge in [-0.3, -0.25) is 9.69 Å². The Hall–Kier alpha value is -2.99. The summed E-state index contributed by atoms with van der Waals surface area (Å²) in [6.07, 6.45) is 5.65. The first-order chi connectivity index (χ1) is 14.8. The molecule has 6 heteroatoms. The Labute approximate surface area is 176 Å². The van der Waals surface area contributed by atoms with Gasteiger partial charge in [0.2, 0.25) is 5.91 Å². The van der Waals surface area contributed by atoms with Crippen molar-refractivity contribution in [3.63, 3.8) is 0 Å². The van der Waals surface area contributed by atoms with Crippen molar-refractivity contribution < 1.29 is 4.79 Å². The van der Waals surface area contributed by atoms with Gasteiger partial charge in [-0.15, -0.1) is 10.2 Å². The van der Waals surface area contributed by atoms with E-state index in [0.29, 0.717) is 0 Å². The Kier molecular flexibility index (Phi) is 5.32. The van der Waals surface area contributed by atoms with Crippen molar-refractivity contribution in [3.05, 3.63) is 66.0 Å². The zero-order valence-electron chi connectivity index (χ0n) is 17.1. The summed E-state index contributed by atoms with van der Waals surface area (Å²) >= 11 is 0. The summed E-state index contributed by atoms with van der Waals surface area (Å²) in [5.74, 6) is 2.02. The number of hydrogen-bond donors (Lipinski definition) is 1. The minimum Gasteiger partial charge on any atom is -0.324 e. The fourth-order valence-electron chi connectivity index (χ4n) is 4.60. The molecule has 5 rings (SSSR count). The molecule has 3 heterocycles. The van der Waals surface area contributed by atoms with Crippen LogP contribution >= 0.6 is 0 Å². The van der Waals surface area contributed by atoms with E-state index in [0.717, 1.165) is 67.4 Å². The molecule has 1 saturated heterocycles. The van der Waals surface area contributed by atoms with Crippen molar-refractivity contribution >= 4 is 11.6 Å². The molecule has 3 aromatic rings. The Morgan fingerprint density at radius 3 is 2.37 bits per heavy atom. The SMILES string of the molecule is O=C(Nc1ccc(-c2nnc3n2CCCC3)cc1)C(c1ccccc1)N1CCCC1. The summed E-state index contributed by atoms with van der Waals surface area (Å²) in [5.41, 5.74) is 2.89. The van der Waals surface area contributed by atoms with Gasteiger partial charge in [0.1, 0.15) is 11.9 Å². The van der Waals surface area contributed by atoms with Crippen LogP contribution in [-0.4, -0.2) is 38.7 Å². The number of carbonyl (C=O) groups excluding carboxylic acids is 1. The Balaban J connectivity index is 1.34. The number of anilines is 1. The van der Waals surface area contributed by atoms with E-state index < -0.39 is 0 Å². The van der Waals surface area contributed by atoms with E-state index in [4.69, 9.17) is 0 Å². The number of hydrogen-bond acceptors (Lipinski definition) is 4. The number of carbonyl (C=O) groups is 1.